The van der Waals surface area contributed by atoms with Crippen LogP contribution >= 0.6 is 23.3 Å². The normalized spacial score (nSPS) is 12.0. The Kier molecular flexibility index (Phi) is 4.89. The van der Waals surface area contributed by atoms with Gasteiger partial charge in [0.15, 0.2) is 0 Å². The number of nitrogens with zero attached hydrogens (tertiary/aromatic N) is 1. The van der Waals surface area contributed by atoms with Crippen LogP contribution in [0.1, 0.15) is 6.42 Å². The van der Waals surface area contributed by atoms with E-state index in [1.54, 1.807) is 11.3 Å². The first-order valence-corrected chi connectivity index (χ1v) is 8.57. The minimum atomic E-state index is -4.12. The third-order valence-electron chi connectivity index (χ3n) is 3.10. The third kappa shape index (κ3) is 4.46. The lowest BCUT2D eigenvalue weighted by molar-refractivity contribution is -0.132. The van der Waals surface area contributed by atoms with Crippen LogP contribution in [0.3, 0.4) is 0 Å². The highest BCUT2D eigenvalue weighted by atomic mass is 32.2. The van der Waals surface area contributed by atoms with E-state index in [-0.39, 0.29) is 6.54 Å². The summed E-state index contributed by atoms with van der Waals surface area (Å²) in [6.07, 6.45) is -4.95. The second-order valence-electron chi connectivity index (χ2n) is 4.87. The highest BCUT2D eigenvalue weighted by molar-refractivity contribution is 7.97. The highest BCUT2D eigenvalue weighted by Crippen LogP contribution is 2.31. The molecule has 0 saturated heterocycles. The van der Waals surface area contributed by atoms with Crippen molar-refractivity contribution >= 4 is 33.5 Å². The number of hydrogen-bond donors (Lipinski definition) is 1. The van der Waals surface area contributed by atoms with Gasteiger partial charge in [0.05, 0.1) is 16.6 Å². The van der Waals surface area contributed by atoms with Crippen LogP contribution in [-0.2, 0) is 0 Å². The fourth-order valence-electron chi connectivity index (χ4n) is 1.99. The molecule has 0 atom stereocenters. The van der Waals surface area contributed by atoms with Crippen molar-refractivity contribution in [2.45, 2.75) is 17.5 Å². The number of halogens is 3. The number of rotatable bonds is 5. The number of aromatic nitrogens is 1. The van der Waals surface area contributed by atoms with Crippen molar-refractivity contribution < 1.29 is 13.2 Å². The van der Waals surface area contributed by atoms with Crippen molar-refractivity contribution in [2.24, 2.45) is 0 Å². The molecule has 0 unspecified atom stereocenters. The summed E-state index contributed by atoms with van der Waals surface area (Å²) >= 11 is 2.82. The Labute approximate surface area is 139 Å². The van der Waals surface area contributed by atoms with Crippen molar-refractivity contribution in [2.75, 3.05) is 6.54 Å². The summed E-state index contributed by atoms with van der Waals surface area (Å²) in [4.78, 5) is 5.46. The largest absolute Gasteiger partial charge is 0.390 e. The average molecular weight is 354 g/mol. The van der Waals surface area contributed by atoms with Crippen LogP contribution in [0.25, 0.3) is 20.8 Å². The third-order valence-corrected chi connectivity index (χ3v) is 5.04. The van der Waals surface area contributed by atoms with Gasteiger partial charge in [0.25, 0.3) is 0 Å². The first kappa shape index (κ1) is 16.3. The summed E-state index contributed by atoms with van der Waals surface area (Å²) in [7, 11) is 0. The number of alkyl halides is 3. The summed E-state index contributed by atoms with van der Waals surface area (Å²) in [5, 5.41) is 0.938. The number of benzene rings is 2. The summed E-state index contributed by atoms with van der Waals surface area (Å²) < 4.78 is 40.0. The van der Waals surface area contributed by atoms with Gasteiger partial charge in [0.2, 0.25) is 0 Å². The SMILES string of the molecule is FC(F)(F)CCNSc1ccc(-c2nc3ccccc3s2)cc1. The molecule has 1 N–H and O–H groups in total. The molecule has 0 saturated carbocycles. The molecule has 0 amide bonds. The van der Waals surface area contributed by atoms with Gasteiger partial charge in [-0.15, -0.1) is 11.3 Å². The second kappa shape index (κ2) is 6.90. The summed E-state index contributed by atoms with van der Waals surface area (Å²) in [6.45, 7) is -0.103. The van der Waals surface area contributed by atoms with Crippen LogP contribution in [0, 0.1) is 0 Å². The van der Waals surface area contributed by atoms with Gasteiger partial charge in [-0.2, -0.15) is 13.2 Å². The van der Waals surface area contributed by atoms with Crippen LogP contribution in [0.2, 0.25) is 0 Å². The molecule has 0 spiro atoms. The van der Waals surface area contributed by atoms with Crippen molar-refractivity contribution in [3.63, 3.8) is 0 Å². The molecule has 1 aromatic heterocycles. The molecule has 0 aliphatic heterocycles. The zero-order chi connectivity index (χ0) is 16.3. The van der Waals surface area contributed by atoms with Gasteiger partial charge in [-0.05, 0) is 36.2 Å². The monoisotopic (exact) mass is 354 g/mol. The van der Waals surface area contributed by atoms with E-state index in [2.05, 4.69) is 9.71 Å². The van der Waals surface area contributed by atoms with E-state index in [1.165, 1.54) is 11.9 Å². The van der Waals surface area contributed by atoms with Crippen LogP contribution in [-0.4, -0.2) is 17.7 Å². The van der Waals surface area contributed by atoms with Gasteiger partial charge in [0, 0.05) is 17.0 Å². The molecule has 1 heterocycles. The number of thiazole rings is 1. The van der Waals surface area contributed by atoms with Crippen molar-refractivity contribution in [1.82, 2.24) is 9.71 Å². The molecule has 7 heteroatoms. The van der Waals surface area contributed by atoms with E-state index in [1.807, 2.05) is 48.5 Å². The second-order valence-corrected chi connectivity index (χ2v) is 6.87. The minimum absolute atomic E-state index is 0.103. The van der Waals surface area contributed by atoms with E-state index >= 15 is 0 Å². The molecule has 2 aromatic carbocycles. The average Bonchev–Trinajstić information content (AvgIpc) is 2.95. The molecule has 120 valence electrons. The van der Waals surface area contributed by atoms with Crippen LogP contribution in [0.5, 0.6) is 0 Å². The Bertz CT molecular complexity index is 749. The Balaban J connectivity index is 1.63. The molecule has 23 heavy (non-hydrogen) atoms. The molecule has 0 aliphatic carbocycles. The Morgan fingerprint density at radius 3 is 2.48 bits per heavy atom. The summed E-state index contributed by atoms with van der Waals surface area (Å²) in [5.74, 6) is 0. The van der Waals surface area contributed by atoms with Crippen molar-refractivity contribution in [3.05, 3.63) is 48.5 Å². The Hall–Kier alpha value is -1.57. The highest BCUT2D eigenvalue weighted by Gasteiger charge is 2.25. The van der Waals surface area contributed by atoms with Gasteiger partial charge in [0.1, 0.15) is 5.01 Å². The van der Waals surface area contributed by atoms with Crippen LogP contribution < -0.4 is 4.72 Å². The first-order chi connectivity index (χ1) is 11.0. The number of nitrogens with one attached hydrogen (secondary N) is 1. The zero-order valence-electron chi connectivity index (χ0n) is 11.9. The standard InChI is InChI=1S/C16H13F3N2S2/c17-16(18,19)9-10-20-23-12-7-5-11(6-8-12)15-21-13-3-1-2-4-14(13)22-15/h1-8,20H,9-10H2. The summed E-state index contributed by atoms with van der Waals surface area (Å²) in [5.41, 5.74) is 1.98. The van der Waals surface area contributed by atoms with Crippen LogP contribution in [0.4, 0.5) is 13.2 Å². The number of fused-ring (bicyclic) bond motifs is 1. The maximum Gasteiger partial charge on any atom is 0.390 e. The van der Waals surface area contributed by atoms with E-state index in [4.69, 9.17) is 0 Å². The molecule has 0 aliphatic rings. The van der Waals surface area contributed by atoms with Crippen LogP contribution in [0.15, 0.2) is 53.4 Å². The topological polar surface area (TPSA) is 24.9 Å². The van der Waals surface area contributed by atoms with E-state index in [0.29, 0.717) is 0 Å². The fourth-order valence-corrected chi connectivity index (χ4v) is 3.60. The van der Waals surface area contributed by atoms with E-state index < -0.39 is 12.6 Å². The predicted molar refractivity (Wildman–Crippen MR) is 89.6 cm³/mol. The van der Waals surface area contributed by atoms with Crippen molar-refractivity contribution in [1.29, 1.82) is 0 Å². The molecule has 3 aromatic rings. The van der Waals surface area contributed by atoms with E-state index in [9.17, 15) is 13.2 Å². The lowest BCUT2D eigenvalue weighted by Gasteiger charge is -2.07. The molecule has 0 bridgehead atoms. The van der Waals surface area contributed by atoms with Gasteiger partial charge < -0.3 is 0 Å². The maximum absolute atomic E-state index is 12.1. The molecule has 0 fully saturated rings. The quantitative estimate of drug-likeness (QED) is 0.483. The van der Waals surface area contributed by atoms with E-state index in [0.717, 1.165) is 25.7 Å². The number of hydrogen-bond acceptors (Lipinski definition) is 4. The van der Waals surface area contributed by atoms with Gasteiger partial charge in [-0.3, -0.25) is 4.72 Å². The first-order valence-electron chi connectivity index (χ1n) is 6.94. The fraction of sp³-hybridized carbons (Fsp3) is 0.188. The predicted octanol–water partition coefficient (Wildman–Crippen LogP) is 5.51. The molecule has 0 radical (unpaired) electrons. The lowest BCUT2D eigenvalue weighted by Crippen LogP contribution is -2.16. The molecule has 3 rings (SSSR count). The molecule has 2 nitrogen and oxygen atoms in total. The lowest BCUT2D eigenvalue weighted by atomic mass is 10.2. The summed E-state index contributed by atoms with van der Waals surface area (Å²) in [6, 6.07) is 15.6. The van der Waals surface area contributed by atoms with Gasteiger partial charge in [-0.1, -0.05) is 24.3 Å². The van der Waals surface area contributed by atoms with Crippen molar-refractivity contribution in [3.8, 4) is 10.6 Å². The number of para-hydroxylation sites is 1. The minimum Gasteiger partial charge on any atom is -0.260 e. The zero-order valence-corrected chi connectivity index (χ0v) is 13.6. The Morgan fingerprint density at radius 1 is 1.04 bits per heavy atom. The molecular weight excluding hydrogens is 341 g/mol. The smallest absolute Gasteiger partial charge is 0.260 e. The van der Waals surface area contributed by atoms with Gasteiger partial charge >= 0.3 is 6.18 Å². The molecular formula is C16H13F3N2S2. The maximum atomic E-state index is 12.1. The van der Waals surface area contributed by atoms with Gasteiger partial charge in [-0.25, -0.2) is 4.98 Å². The Morgan fingerprint density at radius 2 is 1.78 bits per heavy atom.